The third-order valence-corrected chi connectivity index (χ3v) is 6.59. The zero-order valence-corrected chi connectivity index (χ0v) is 15.3. The number of hydrogen-bond donors (Lipinski definition) is 0. The van der Waals surface area contributed by atoms with Gasteiger partial charge in [-0.25, -0.2) is 4.79 Å². The number of ether oxygens (including phenoxy) is 2. The first-order valence-electron chi connectivity index (χ1n) is 8.71. The smallest absolute Gasteiger partial charge is 0.361 e. The summed E-state index contributed by atoms with van der Waals surface area (Å²) in [4.78, 5) is 11.6. The summed E-state index contributed by atoms with van der Waals surface area (Å²) < 4.78 is 12.0. The molecule has 0 heterocycles. The van der Waals surface area contributed by atoms with Gasteiger partial charge in [-0.15, -0.1) is 0 Å². The number of esters is 1. The fourth-order valence-corrected chi connectivity index (χ4v) is 4.46. The topological polar surface area (TPSA) is 35.5 Å². The van der Waals surface area contributed by atoms with Crippen molar-refractivity contribution in [1.82, 2.24) is 0 Å². The molecule has 4 heteroatoms. The largest absolute Gasteiger partial charge is 0.462 e. The van der Waals surface area contributed by atoms with Crippen molar-refractivity contribution in [2.75, 3.05) is 40.4 Å². The minimum Gasteiger partial charge on any atom is -0.462 e. The molecule has 2 aliphatic rings. The van der Waals surface area contributed by atoms with Crippen molar-refractivity contribution < 1.29 is 18.8 Å². The summed E-state index contributed by atoms with van der Waals surface area (Å²) in [5.41, 5.74) is 0.711. The molecule has 4 nitrogen and oxygen atoms in total. The van der Waals surface area contributed by atoms with Crippen LogP contribution in [0.2, 0.25) is 0 Å². The quantitative estimate of drug-likeness (QED) is 0.536. The molecule has 2 aliphatic carbocycles. The van der Waals surface area contributed by atoms with Gasteiger partial charge in [0, 0.05) is 0 Å². The Morgan fingerprint density at radius 3 is 2.45 bits per heavy atom. The second-order valence-corrected chi connectivity index (χ2v) is 8.59. The molecule has 0 aromatic rings. The van der Waals surface area contributed by atoms with Crippen molar-refractivity contribution in [2.24, 2.45) is 16.7 Å². The van der Waals surface area contributed by atoms with E-state index in [9.17, 15) is 4.79 Å². The molecule has 3 atom stereocenters. The summed E-state index contributed by atoms with van der Waals surface area (Å²) in [6.07, 6.45) is 4.22. The highest BCUT2D eigenvalue weighted by molar-refractivity contribution is 5.70. The number of carbonyl (C=O) groups is 1. The van der Waals surface area contributed by atoms with Crippen molar-refractivity contribution in [2.45, 2.75) is 53.1 Å². The van der Waals surface area contributed by atoms with Gasteiger partial charge < -0.3 is 14.0 Å². The van der Waals surface area contributed by atoms with Gasteiger partial charge >= 0.3 is 5.97 Å². The number of likely N-dealkylation sites (N-methyl/N-ethyl adjacent to an activating group) is 1. The van der Waals surface area contributed by atoms with Crippen LogP contribution in [-0.2, 0) is 14.3 Å². The summed E-state index contributed by atoms with van der Waals surface area (Å²) in [5, 5.41) is 0. The molecule has 0 aromatic heterocycles. The third-order valence-electron chi connectivity index (χ3n) is 6.59. The Bertz CT molecular complexity index is 419. The van der Waals surface area contributed by atoms with Crippen LogP contribution < -0.4 is 0 Å². The predicted molar refractivity (Wildman–Crippen MR) is 87.4 cm³/mol. The number of quaternary nitrogens is 1. The molecule has 2 bridgehead atoms. The van der Waals surface area contributed by atoms with Crippen LogP contribution in [0.3, 0.4) is 0 Å². The van der Waals surface area contributed by atoms with Gasteiger partial charge in [-0.05, 0) is 42.9 Å². The lowest BCUT2D eigenvalue weighted by molar-refractivity contribution is -0.883. The van der Waals surface area contributed by atoms with E-state index in [0.717, 1.165) is 19.1 Å². The van der Waals surface area contributed by atoms with E-state index < -0.39 is 0 Å². The van der Waals surface area contributed by atoms with E-state index in [1.54, 1.807) is 0 Å². The molecule has 0 amide bonds. The van der Waals surface area contributed by atoms with Gasteiger partial charge in [0.2, 0.25) is 0 Å². The van der Waals surface area contributed by atoms with Gasteiger partial charge in [-0.1, -0.05) is 20.8 Å². The summed E-state index contributed by atoms with van der Waals surface area (Å²) >= 11 is 0. The van der Waals surface area contributed by atoms with Crippen molar-refractivity contribution >= 4 is 5.97 Å². The molecule has 0 radical (unpaired) electrons. The second-order valence-electron chi connectivity index (χ2n) is 8.59. The van der Waals surface area contributed by atoms with Gasteiger partial charge in [0.15, 0.2) is 6.54 Å². The second kappa shape index (κ2) is 6.12. The molecule has 22 heavy (non-hydrogen) atoms. The zero-order valence-electron chi connectivity index (χ0n) is 15.3. The van der Waals surface area contributed by atoms with E-state index in [1.807, 2.05) is 6.92 Å². The monoisotopic (exact) mass is 312 g/mol. The Balaban J connectivity index is 1.81. The molecular weight excluding hydrogens is 278 g/mol. The Labute approximate surface area is 135 Å². The Morgan fingerprint density at radius 1 is 1.27 bits per heavy atom. The van der Waals surface area contributed by atoms with Crippen LogP contribution >= 0.6 is 0 Å². The number of nitrogens with zero attached hydrogens (tertiary/aromatic N) is 1. The van der Waals surface area contributed by atoms with Gasteiger partial charge in [-0.3, -0.25) is 0 Å². The fourth-order valence-electron chi connectivity index (χ4n) is 4.46. The molecule has 0 spiro atoms. The molecule has 2 rings (SSSR count). The predicted octanol–water partition coefficient (Wildman–Crippen LogP) is 2.86. The molecule has 2 fully saturated rings. The highest BCUT2D eigenvalue weighted by atomic mass is 16.5. The number of hydrogen-bond acceptors (Lipinski definition) is 3. The van der Waals surface area contributed by atoms with E-state index in [4.69, 9.17) is 9.47 Å². The van der Waals surface area contributed by atoms with E-state index in [0.29, 0.717) is 34.6 Å². The average molecular weight is 312 g/mol. The first-order valence-corrected chi connectivity index (χ1v) is 8.71. The maximum Gasteiger partial charge on any atom is 0.361 e. The van der Waals surface area contributed by atoms with Crippen LogP contribution in [0.5, 0.6) is 0 Å². The van der Waals surface area contributed by atoms with Gasteiger partial charge in [0.25, 0.3) is 0 Å². The SMILES string of the molecule is CCOC(=O)C[N+](C)(C)CCO[C@@H]1C[C@@H]2CC[C@]1(C)C2(C)C. The average Bonchev–Trinajstić information content (AvgIpc) is 2.71. The summed E-state index contributed by atoms with van der Waals surface area (Å²) in [6, 6.07) is 0. The molecule has 0 N–H and O–H groups in total. The van der Waals surface area contributed by atoms with E-state index in [2.05, 4.69) is 34.9 Å². The first-order chi connectivity index (χ1) is 10.1. The van der Waals surface area contributed by atoms with Crippen LogP contribution in [0.25, 0.3) is 0 Å². The minimum atomic E-state index is -0.125. The lowest BCUT2D eigenvalue weighted by atomic mass is 9.70. The van der Waals surface area contributed by atoms with Gasteiger partial charge in [0.05, 0.1) is 33.4 Å². The Kier molecular flexibility index (Phi) is 4.94. The van der Waals surface area contributed by atoms with Crippen molar-refractivity contribution in [3.63, 3.8) is 0 Å². The van der Waals surface area contributed by atoms with Crippen LogP contribution in [0.1, 0.15) is 47.0 Å². The van der Waals surface area contributed by atoms with Crippen molar-refractivity contribution in [3.8, 4) is 0 Å². The first kappa shape index (κ1) is 17.7. The van der Waals surface area contributed by atoms with Crippen LogP contribution in [0.4, 0.5) is 0 Å². The Morgan fingerprint density at radius 2 is 1.95 bits per heavy atom. The molecule has 128 valence electrons. The van der Waals surface area contributed by atoms with E-state index in [-0.39, 0.29) is 5.97 Å². The maximum absolute atomic E-state index is 11.6. The summed E-state index contributed by atoms with van der Waals surface area (Å²) in [5.74, 6) is 0.685. The van der Waals surface area contributed by atoms with Crippen molar-refractivity contribution in [1.29, 1.82) is 0 Å². The zero-order chi connectivity index (χ0) is 16.6. The lowest BCUT2D eigenvalue weighted by Crippen LogP contribution is -2.47. The van der Waals surface area contributed by atoms with E-state index >= 15 is 0 Å². The standard InChI is InChI=1S/C18H34NO3/c1-7-21-16(20)13-19(5,6)10-11-22-15-12-14-8-9-18(15,4)17(14,2)3/h14-15H,7-13H2,1-6H3/q+1/t14-,15+,18-/m0/s1. The molecule has 0 aliphatic heterocycles. The molecule has 2 saturated carbocycles. The Hall–Kier alpha value is -0.610. The fraction of sp³-hybridized carbons (Fsp3) is 0.944. The van der Waals surface area contributed by atoms with Gasteiger partial charge in [0.1, 0.15) is 6.54 Å². The summed E-state index contributed by atoms with van der Waals surface area (Å²) in [7, 11) is 4.12. The molecular formula is C18H34NO3+. The van der Waals surface area contributed by atoms with Crippen LogP contribution in [-0.4, -0.2) is 57.0 Å². The number of rotatable bonds is 7. The minimum absolute atomic E-state index is 0.125. The molecule has 0 saturated heterocycles. The van der Waals surface area contributed by atoms with Gasteiger partial charge in [-0.2, -0.15) is 0 Å². The molecule has 0 aromatic carbocycles. The third kappa shape index (κ3) is 3.18. The van der Waals surface area contributed by atoms with Crippen LogP contribution in [0.15, 0.2) is 0 Å². The highest BCUT2D eigenvalue weighted by Crippen LogP contribution is 2.66. The van der Waals surface area contributed by atoms with E-state index in [1.165, 1.54) is 19.3 Å². The lowest BCUT2D eigenvalue weighted by Gasteiger charge is -2.39. The summed E-state index contributed by atoms with van der Waals surface area (Å²) in [6.45, 7) is 11.5. The highest BCUT2D eigenvalue weighted by Gasteiger charge is 2.61. The van der Waals surface area contributed by atoms with Crippen molar-refractivity contribution in [3.05, 3.63) is 0 Å². The number of fused-ring (bicyclic) bond motifs is 2. The molecule has 0 unspecified atom stereocenters. The normalized spacial score (nSPS) is 33.2. The maximum atomic E-state index is 11.6. The van der Waals surface area contributed by atoms with Crippen LogP contribution in [0, 0.1) is 16.7 Å². The number of carbonyl (C=O) groups excluding carboxylic acids is 1.